The number of nitrogens with zero attached hydrogens (tertiary/aromatic N) is 1. The van der Waals surface area contributed by atoms with Crippen molar-refractivity contribution in [2.45, 2.75) is 0 Å². The Hall–Kier alpha value is -2.89. The highest BCUT2D eigenvalue weighted by molar-refractivity contribution is 7.80. The van der Waals surface area contributed by atoms with E-state index in [4.69, 9.17) is 28.2 Å². The fourth-order valence-electron chi connectivity index (χ4n) is 2.72. The van der Waals surface area contributed by atoms with E-state index in [9.17, 15) is 4.79 Å². The van der Waals surface area contributed by atoms with Crippen LogP contribution in [-0.2, 0) is 4.79 Å². The van der Waals surface area contributed by atoms with Gasteiger partial charge in [-0.2, -0.15) is 0 Å². The highest BCUT2D eigenvalue weighted by Gasteiger charge is 2.32. The third kappa shape index (κ3) is 3.14. The number of carbonyl (C=O) groups excluding carboxylic acids is 1. The summed E-state index contributed by atoms with van der Waals surface area (Å²) < 4.78 is 5.82. The number of furan rings is 1. The molecule has 4 nitrogen and oxygen atoms in total. The van der Waals surface area contributed by atoms with E-state index < -0.39 is 0 Å². The highest BCUT2D eigenvalue weighted by atomic mass is 35.5. The summed E-state index contributed by atoms with van der Waals surface area (Å²) in [5.74, 6) is 1.00. The summed E-state index contributed by atoms with van der Waals surface area (Å²) in [6.07, 6.45) is 1.64. The molecule has 1 aliphatic rings. The number of hydrogen-bond donors (Lipinski definition) is 1. The first-order chi connectivity index (χ1) is 12.6. The van der Waals surface area contributed by atoms with Crippen LogP contribution in [0.3, 0.4) is 0 Å². The Balaban J connectivity index is 1.62. The average molecular weight is 381 g/mol. The Morgan fingerprint density at radius 3 is 2.62 bits per heavy atom. The minimum atomic E-state index is -0.220. The normalized spacial score (nSPS) is 15.6. The average Bonchev–Trinajstić information content (AvgIpc) is 3.21. The first-order valence-corrected chi connectivity index (χ1v) is 8.68. The Bertz CT molecular complexity index is 1030. The Morgan fingerprint density at radius 1 is 1.04 bits per heavy atom. The second-order valence-corrected chi connectivity index (χ2v) is 6.50. The third-order valence-electron chi connectivity index (χ3n) is 3.92. The second kappa shape index (κ2) is 6.78. The van der Waals surface area contributed by atoms with Crippen LogP contribution in [0, 0.1) is 0 Å². The second-order valence-electron chi connectivity index (χ2n) is 5.68. The minimum absolute atomic E-state index is 0.220. The molecule has 0 saturated carbocycles. The topological polar surface area (TPSA) is 45.5 Å². The van der Waals surface area contributed by atoms with Gasteiger partial charge < -0.3 is 9.73 Å². The van der Waals surface area contributed by atoms with Gasteiger partial charge in [0.2, 0.25) is 0 Å². The van der Waals surface area contributed by atoms with Crippen LogP contribution in [0.1, 0.15) is 5.76 Å². The Labute approximate surface area is 160 Å². The lowest BCUT2D eigenvalue weighted by Gasteiger charge is -2.13. The maximum atomic E-state index is 12.7. The van der Waals surface area contributed by atoms with E-state index in [0.717, 1.165) is 11.3 Å². The zero-order chi connectivity index (χ0) is 18.1. The predicted molar refractivity (Wildman–Crippen MR) is 107 cm³/mol. The molecule has 1 N–H and O–H groups in total. The molecular formula is C20H13ClN2O2S. The van der Waals surface area contributed by atoms with Gasteiger partial charge in [-0.15, -0.1) is 0 Å². The quantitative estimate of drug-likeness (QED) is 0.520. The number of carbonyl (C=O) groups is 1. The van der Waals surface area contributed by atoms with Crippen LogP contribution in [0.15, 0.2) is 76.8 Å². The van der Waals surface area contributed by atoms with Gasteiger partial charge in [-0.05, 0) is 48.6 Å². The van der Waals surface area contributed by atoms with Crippen LogP contribution in [0.5, 0.6) is 0 Å². The maximum absolute atomic E-state index is 12.7. The van der Waals surface area contributed by atoms with Crippen LogP contribution in [0.25, 0.3) is 17.4 Å². The summed E-state index contributed by atoms with van der Waals surface area (Å²) in [5.41, 5.74) is 1.96. The van der Waals surface area contributed by atoms with Crippen molar-refractivity contribution in [3.05, 3.63) is 83.2 Å². The molecule has 0 radical (unpaired) electrons. The number of hydrogen-bond acceptors (Lipinski definition) is 3. The molecule has 4 rings (SSSR count). The molecule has 1 aromatic heterocycles. The molecule has 0 atom stereocenters. The predicted octanol–water partition coefficient (Wildman–Crippen LogP) is 4.86. The van der Waals surface area contributed by atoms with Gasteiger partial charge in [0, 0.05) is 16.7 Å². The summed E-state index contributed by atoms with van der Waals surface area (Å²) in [6, 6.07) is 20.3. The molecule has 0 unspecified atom stereocenters. The molecule has 1 aliphatic heterocycles. The number of benzene rings is 2. The summed E-state index contributed by atoms with van der Waals surface area (Å²) >= 11 is 11.3. The largest absolute Gasteiger partial charge is 0.457 e. The van der Waals surface area contributed by atoms with Gasteiger partial charge in [0.25, 0.3) is 5.91 Å². The van der Waals surface area contributed by atoms with Gasteiger partial charge >= 0.3 is 0 Å². The van der Waals surface area contributed by atoms with Gasteiger partial charge in [0.05, 0.1) is 5.69 Å². The van der Waals surface area contributed by atoms with Crippen molar-refractivity contribution >= 4 is 46.6 Å². The smallest absolute Gasteiger partial charge is 0.281 e. The number of nitrogens with one attached hydrogen (secondary N) is 1. The van der Waals surface area contributed by atoms with Gasteiger partial charge in [0.1, 0.15) is 17.2 Å². The van der Waals surface area contributed by atoms with Crippen LogP contribution >= 0.6 is 23.8 Å². The molecule has 128 valence electrons. The monoisotopic (exact) mass is 380 g/mol. The molecule has 1 amide bonds. The molecule has 1 fully saturated rings. The van der Waals surface area contributed by atoms with E-state index in [1.807, 2.05) is 54.6 Å². The third-order valence-corrected chi connectivity index (χ3v) is 4.43. The first-order valence-electron chi connectivity index (χ1n) is 7.90. The Kier molecular flexibility index (Phi) is 4.32. The van der Waals surface area contributed by atoms with E-state index in [0.29, 0.717) is 27.4 Å². The van der Waals surface area contributed by atoms with Crippen molar-refractivity contribution in [3.63, 3.8) is 0 Å². The van der Waals surface area contributed by atoms with Crippen LogP contribution in [0.2, 0.25) is 5.02 Å². The minimum Gasteiger partial charge on any atom is -0.457 e. The molecule has 2 heterocycles. The molecule has 3 aromatic rings. The lowest BCUT2D eigenvalue weighted by Crippen LogP contribution is -2.30. The summed E-state index contributed by atoms with van der Waals surface area (Å²) in [4.78, 5) is 14.2. The zero-order valence-corrected chi connectivity index (χ0v) is 15.1. The zero-order valence-electron chi connectivity index (χ0n) is 13.5. The molecule has 26 heavy (non-hydrogen) atoms. The van der Waals surface area contributed by atoms with Crippen molar-refractivity contribution in [2.24, 2.45) is 0 Å². The van der Waals surface area contributed by atoms with Gasteiger partial charge in [-0.3, -0.25) is 9.69 Å². The summed E-state index contributed by atoms with van der Waals surface area (Å²) in [5, 5.41) is 3.92. The van der Waals surface area contributed by atoms with Gasteiger partial charge in [-0.1, -0.05) is 41.9 Å². The molecule has 0 spiro atoms. The van der Waals surface area contributed by atoms with Gasteiger partial charge in [0.15, 0.2) is 5.11 Å². The van der Waals surface area contributed by atoms with Crippen molar-refractivity contribution in [1.82, 2.24) is 5.32 Å². The number of halogens is 1. The first kappa shape index (κ1) is 16.6. The van der Waals surface area contributed by atoms with E-state index in [-0.39, 0.29) is 5.91 Å². The van der Waals surface area contributed by atoms with Gasteiger partial charge in [-0.25, -0.2) is 0 Å². The van der Waals surface area contributed by atoms with Crippen molar-refractivity contribution in [3.8, 4) is 11.3 Å². The van der Waals surface area contributed by atoms with E-state index in [1.165, 1.54) is 4.90 Å². The maximum Gasteiger partial charge on any atom is 0.281 e. The fraction of sp³-hybridized carbons (Fsp3) is 0. The number of anilines is 1. The van der Waals surface area contributed by atoms with Crippen molar-refractivity contribution in [1.29, 1.82) is 0 Å². The number of para-hydroxylation sites is 1. The molecule has 0 aliphatic carbocycles. The van der Waals surface area contributed by atoms with Crippen LogP contribution in [0.4, 0.5) is 5.69 Å². The van der Waals surface area contributed by atoms with E-state index >= 15 is 0 Å². The molecule has 2 aromatic carbocycles. The lowest BCUT2D eigenvalue weighted by atomic mass is 10.2. The number of rotatable bonds is 3. The van der Waals surface area contributed by atoms with Crippen LogP contribution < -0.4 is 10.2 Å². The van der Waals surface area contributed by atoms with Crippen molar-refractivity contribution in [2.75, 3.05) is 4.90 Å². The number of amides is 1. The molecular weight excluding hydrogens is 368 g/mol. The number of thiocarbonyl (C=S) groups is 1. The van der Waals surface area contributed by atoms with E-state index in [1.54, 1.807) is 18.2 Å². The summed E-state index contributed by atoms with van der Waals surface area (Å²) in [7, 11) is 0. The van der Waals surface area contributed by atoms with E-state index in [2.05, 4.69) is 5.32 Å². The summed E-state index contributed by atoms with van der Waals surface area (Å²) in [6.45, 7) is 0. The standard InChI is InChI=1S/C20H13ClN2O2S/c21-14-6-4-5-13(11-14)18-10-9-16(25-18)12-17-19(24)23(20(26)22-17)15-7-2-1-3-8-15/h1-12H,(H,22,26)/b17-12-. The Morgan fingerprint density at radius 2 is 1.85 bits per heavy atom. The molecule has 0 bridgehead atoms. The van der Waals surface area contributed by atoms with Crippen LogP contribution in [-0.4, -0.2) is 11.0 Å². The molecule has 6 heteroatoms. The van der Waals surface area contributed by atoms with Crippen molar-refractivity contribution < 1.29 is 9.21 Å². The SMILES string of the molecule is O=C1/C(=C/c2ccc(-c3cccc(Cl)c3)o2)NC(=S)N1c1ccccc1. The lowest BCUT2D eigenvalue weighted by molar-refractivity contribution is -0.113. The fourth-order valence-corrected chi connectivity index (χ4v) is 3.20. The highest BCUT2D eigenvalue weighted by Crippen LogP contribution is 2.27. The molecule has 1 saturated heterocycles.